The number of carbonyl (C=O) groups excluding carboxylic acids is 1. The summed E-state index contributed by atoms with van der Waals surface area (Å²) in [5.74, 6) is 0.164. The van der Waals surface area contributed by atoms with Gasteiger partial charge in [-0.25, -0.2) is 4.39 Å². The molecule has 1 saturated carbocycles. The van der Waals surface area contributed by atoms with Crippen LogP contribution in [-0.4, -0.2) is 26.4 Å². The predicted octanol–water partition coefficient (Wildman–Crippen LogP) is 3.44. The van der Waals surface area contributed by atoms with Crippen molar-refractivity contribution in [3.63, 3.8) is 0 Å². The minimum absolute atomic E-state index is 0.0814. The molecule has 1 fully saturated rings. The van der Waals surface area contributed by atoms with E-state index in [-0.39, 0.29) is 17.3 Å². The van der Waals surface area contributed by atoms with E-state index in [4.69, 9.17) is 11.6 Å². The molecule has 0 saturated heterocycles. The van der Waals surface area contributed by atoms with E-state index in [1.807, 2.05) is 6.92 Å². The average Bonchev–Trinajstić information content (AvgIpc) is 3.24. The van der Waals surface area contributed by atoms with Crippen molar-refractivity contribution in [2.24, 2.45) is 0 Å². The van der Waals surface area contributed by atoms with Gasteiger partial charge in [0.2, 0.25) is 5.91 Å². The second kappa shape index (κ2) is 6.26. The van der Waals surface area contributed by atoms with E-state index in [1.54, 1.807) is 0 Å². The molecule has 1 aliphatic rings. The van der Waals surface area contributed by atoms with Crippen LogP contribution in [0.15, 0.2) is 23.4 Å². The summed E-state index contributed by atoms with van der Waals surface area (Å²) in [6, 6.07) is 4.49. The van der Waals surface area contributed by atoms with Crippen molar-refractivity contribution in [1.29, 1.82) is 0 Å². The van der Waals surface area contributed by atoms with E-state index in [2.05, 4.69) is 20.1 Å². The van der Waals surface area contributed by atoms with Crippen molar-refractivity contribution < 1.29 is 9.18 Å². The third-order valence-corrected chi connectivity index (χ3v) is 4.46. The number of hydrogen-bond donors (Lipinski definition) is 1. The fourth-order valence-corrected chi connectivity index (χ4v) is 3.13. The largest absolute Gasteiger partial charge is 0.323 e. The standard InChI is InChI=1S/C14H14ClFN4OS/c1-8-18-19-14(20(8)10-3-4-10)22-7-13(21)17-12-6-9(15)2-5-11(12)16/h2,5-6,10H,3-4,7H2,1H3,(H,17,21). The topological polar surface area (TPSA) is 59.8 Å². The Labute approximate surface area is 136 Å². The number of amides is 1. The Hall–Kier alpha value is -1.60. The highest BCUT2D eigenvalue weighted by Gasteiger charge is 2.28. The number of rotatable bonds is 5. The first-order valence-corrected chi connectivity index (χ1v) is 8.20. The summed E-state index contributed by atoms with van der Waals surface area (Å²) in [6.07, 6.45) is 2.23. The van der Waals surface area contributed by atoms with Gasteiger partial charge < -0.3 is 9.88 Å². The number of carbonyl (C=O) groups is 1. The van der Waals surface area contributed by atoms with Gasteiger partial charge in [-0.1, -0.05) is 23.4 Å². The summed E-state index contributed by atoms with van der Waals surface area (Å²) in [4.78, 5) is 12.0. The van der Waals surface area contributed by atoms with Crippen LogP contribution in [0.1, 0.15) is 24.7 Å². The van der Waals surface area contributed by atoms with Gasteiger partial charge in [-0.05, 0) is 38.0 Å². The van der Waals surface area contributed by atoms with Crippen LogP contribution >= 0.6 is 23.4 Å². The maximum Gasteiger partial charge on any atom is 0.234 e. The van der Waals surface area contributed by atoms with Crippen molar-refractivity contribution in [2.75, 3.05) is 11.1 Å². The molecule has 0 aliphatic heterocycles. The Kier molecular flexibility index (Phi) is 4.35. The molecule has 1 aliphatic carbocycles. The Morgan fingerprint density at radius 2 is 2.27 bits per heavy atom. The lowest BCUT2D eigenvalue weighted by molar-refractivity contribution is -0.113. The van der Waals surface area contributed by atoms with Gasteiger partial charge in [-0.15, -0.1) is 10.2 Å². The van der Waals surface area contributed by atoms with Crippen LogP contribution in [-0.2, 0) is 4.79 Å². The number of anilines is 1. The summed E-state index contributed by atoms with van der Waals surface area (Å²) < 4.78 is 15.6. The molecule has 22 heavy (non-hydrogen) atoms. The lowest BCUT2D eigenvalue weighted by Gasteiger charge is -2.08. The normalized spacial score (nSPS) is 14.1. The Morgan fingerprint density at radius 1 is 1.50 bits per heavy atom. The van der Waals surface area contributed by atoms with E-state index < -0.39 is 5.82 Å². The molecule has 0 unspecified atom stereocenters. The average molecular weight is 341 g/mol. The zero-order chi connectivity index (χ0) is 15.7. The van der Waals surface area contributed by atoms with Crippen LogP contribution in [0, 0.1) is 12.7 Å². The van der Waals surface area contributed by atoms with Crippen LogP contribution < -0.4 is 5.32 Å². The quantitative estimate of drug-likeness (QED) is 0.847. The second-order valence-corrected chi connectivity index (χ2v) is 6.47. The summed E-state index contributed by atoms with van der Waals surface area (Å²) in [5.41, 5.74) is 0.0814. The zero-order valence-electron chi connectivity index (χ0n) is 11.8. The highest BCUT2D eigenvalue weighted by molar-refractivity contribution is 7.99. The van der Waals surface area contributed by atoms with Crippen molar-refractivity contribution >= 4 is 35.0 Å². The molecule has 8 heteroatoms. The summed E-state index contributed by atoms with van der Waals surface area (Å²) in [6.45, 7) is 1.90. The number of aromatic nitrogens is 3. The molecule has 1 amide bonds. The summed E-state index contributed by atoms with van der Waals surface area (Å²) >= 11 is 7.09. The number of benzene rings is 1. The van der Waals surface area contributed by atoms with Crippen LogP contribution in [0.25, 0.3) is 0 Å². The first-order valence-electron chi connectivity index (χ1n) is 6.84. The molecule has 116 valence electrons. The van der Waals surface area contributed by atoms with Gasteiger partial charge in [0.15, 0.2) is 5.16 Å². The van der Waals surface area contributed by atoms with E-state index in [1.165, 1.54) is 30.0 Å². The Balaban J connectivity index is 1.62. The molecular formula is C14H14ClFN4OS. The maximum absolute atomic E-state index is 13.6. The van der Waals surface area contributed by atoms with Crippen LogP contribution in [0.2, 0.25) is 5.02 Å². The lowest BCUT2D eigenvalue weighted by Crippen LogP contribution is -2.15. The molecule has 0 atom stereocenters. The first kappa shape index (κ1) is 15.3. The van der Waals surface area contributed by atoms with Crippen LogP contribution in [0.5, 0.6) is 0 Å². The minimum atomic E-state index is -0.514. The number of nitrogens with zero attached hydrogens (tertiary/aromatic N) is 3. The smallest absolute Gasteiger partial charge is 0.234 e. The Morgan fingerprint density at radius 3 is 3.00 bits per heavy atom. The zero-order valence-corrected chi connectivity index (χ0v) is 13.4. The van der Waals surface area contributed by atoms with Gasteiger partial charge in [0, 0.05) is 11.1 Å². The SMILES string of the molecule is Cc1nnc(SCC(=O)Nc2cc(Cl)ccc2F)n1C1CC1. The molecule has 1 N–H and O–H groups in total. The number of aryl methyl sites for hydroxylation is 1. The molecule has 1 aromatic heterocycles. The van der Waals surface area contributed by atoms with Crippen molar-refractivity contribution in [3.8, 4) is 0 Å². The van der Waals surface area contributed by atoms with Gasteiger partial charge in [-0.3, -0.25) is 4.79 Å². The van der Waals surface area contributed by atoms with Crippen molar-refractivity contribution in [1.82, 2.24) is 14.8 Å². The number of halogens is 2. The van der Waals surface area contributed by atoms with Crippen LogP contribution in [0.3, 0.4) is 0 Å². The number of nitrogens with one attached hydrogen (secondary N) is 1. The van der Waals surface area contributed by atoms with Gasteiger partial charge >= 0.3 is 0 Å². The van der Waals surface area contributed by atoms with Gasteiger partial charge in [0.25, 0.3) is 0 Å². The monoisotopic (exact) mass is 340 g/mol. The fraction of sp³-hybridized carbons (Fsp3) is 0.357. The fourth-order valence-electron chi connectivity index (χ4n) is 2.11. The minimum Gasteiger partial charge on any atom is -0.323 e. The first-order chi connectivity index (χ1) is 10.5. The van der Waals surface area contributed by atoms with Gasteiger partial charge in [-0.2, -0.15) is 0 Å². The molecule has 5 nitrogen and oxygen atoms in total. The van der Waals surface area contributed by atoms with E-state index in [0.29, 0.717) is 11.1 Å². The van der Waals surface area contributed by atoms with E-state index in [9.17, 15) is 9.18 Å². The third kappa shape index (κ3) is 3.41. The third-order valence-electron chi connectivity index (χ3n) is 3.28. The molecule has 2 aromatic rings. The van der Waals surface area contributed by atoms with Crippen molar-refractivity contribution in [3.05, 3.63) is 34.9 Å². The van der Waals surface area contributed by atoms with Crippen molar-refractivity contribution in [2.45, 2.75) is 31.0 Å². The van der Waals surface area contributed by atoms with Gasteiger partial charge in [0.1, 0.15) is 11.6 Å². The molecule has 0 spiro atoms. The molecule has 0 bridgehead atoms. The lowest BCUT2D eigenvalue weighted by atomic mass is 10.3. The number of thioether (sulfide) groups is 1. The molecule has 3 rings (SSSR count). The van der Waals surface area contributed by atoms with E-state index in [0.717, 1.165) is 23.8 Å². The molecular weight excluding hydrogens is 327 g/mol. The van der Waals surface area contributed by atoms with E-state index >= 15 is 0 Å². The maximum atomic E-state index is 13.6. The Bertz CT molecular complexity index is 717. The summed E-state index contributed by atoms with van der Waals surface area (Å²) in [7, 11) is 0. The number of hydrogen-bond acceptors (Lipinski definition) is 4. The molecule has 0 radical (unpaired) electrons. The molecule has 1 aromatic carbocycles. The highest BCUT2D eigenvalue weighted by Crippen LogP contribution is 2.38. The second-order valence-electron chi connectivity index (χ2n) is 5.09. The van der Waals surface area contributed by atoms with Crippen LogP contribution in [0.4, 0.5) is 10.1 Å². The molecule has 1 heterocycles. The summed E-state index contributed by atoms with van der Waals surface area (Å²) in [5, 5.41) is 11.7. The highest BCUT2D eigenvalue weighted by atomic mass is 35.5. The predicted molar refractivity (Wildman–Crippen MR) is 83.8 cm³/mol. The van der Waals surface area contributed by atoms with Gasteiger partial charge in [0.05, 0.1) is 11.4 Å².